The predicted octanol–water partition coefficient (Wildman–Crippen LogP) is 2.39. The van der Waals surface area contributed by atoms with Gasteiger partial charge >= 0.3 is 0 Å². The smallest absolute Gasteiger partial charge is 0.0994 e. The first-order valence-electron chi connectivity index (χ1n) is 5.03. The molecule has 0 aliphatic heterocycles. The quantitative estimate of drug-likeness (QED) is 0.829. The van der Waals surface area contributed by atoms with Gasteiger partial charge < -0.3 is 5.73 Å². The van der Waals surface area contributed by atoms with Gasteiger partial charge in [0.25, 0.3) is 0 Å². The van der Waals surface area contributed by atoms with Crippen LogP contribution in [0.15, 0.2) is 24.3 Å². The fourth-order valence-corrected chi connectivity index (χ4v) is 2.32. The van der Waals surface area contributed by atoms with Gasteiger partial charge in [-0.3, -0.25) is 0 Å². The maximum absolute atomic E-state index is 8.89. The van der Waals surface area contributed by atoms with Crippen LogP contribution in [-0.4, -0.2) is 12.3 Å². The fraction of sp³-hybridized carbons (Fsp3) is 0.417. The summed E-state index contributed by atoms with van der Waals surface area (Å²) in [5.41, 5.74) is 7.44. The number of nitrogens with two attached hydrogens (primary N) is 1. The van der Waals surface area contributed by atoms with Crippen LogP contribution < -0.4 is 5.73 Å². The Balaban J connectivity index is 2.47. The van der Waals surface area contributed by atoms with Crippen molar-refractivity contribution in [3.8, 4) is 6.07 Å². The molecule has 80 valence electrons. The van der Waals surface area contributed by atoms with Crippen molar-refractivity contribution >= 4 is 11.8 Å². The molecule has 0 bridgehead atoms. The van der Waals surface area contributed by atoms with Crippen molar-refractivity contribution in [1.29, 1.82) is 5.26 Å². The van der Waals surface area contributed by atoms with Crippen LogP contribution in [0.1, 0.15) is 18.1 Å². The van der Waals surface area contributed by atoms with Gasteiger partial charge in [0.2, 0.25) is 0 Å². The van der Waals surface area contributed by atoms with Crippen LogP contribution in [0, 0.1) is 17.2 Å². The van der Waals surface area contributed by atoms with Crippen molar-refractivity contribution in [2.24, 2.45) is 11.7 Å². The van der Waals surface area contributed by atoms with Crippen LogP contribution in [-0.2, 0) is 5.75 Å². The third-order valence-corrected chi connectivity index (χ3v) is 3.52. The maximum Gasteiger partial charge on any atom is 0.0994 e. The van der Waals surface area contributed by atoms with Gasteiger partial charge in [0, 0.05) is 5.75 Å². The number of rotatable bonds is 5. The molecular weight excluding hydrogens is 204 g/mol. The molecule has 0 fully saturated rings. The topological polar surface area (TPSA) is 49.8 Å². The first-order chi connectivity index (χ1) is 7.27. The fourth-order valence-electron chi connectivity index (χ4n) is 1.19. The molecule has 2 N–H and O–H groups in total. The van der Waals surface area contributed by atoms with Gasteiger partial charge in [0.1, 0.15) is 0 Å². The van der Waals surface area contributed by atoms with E-state index in [0.717, 1.165) is 29.2 Å². The van der Waals surface area contributed by atoms with Crippen molar-refractivity contribution in [1.82, 2.24) is 0 Å². The Morgan fingerprint density at radius 2 is 2.20 bits per heavy atom. The molecule has 1 rings (SSSR count). The maximum atomic E-state index is 8.89. The minimum atomic E-state index is 0.546. The van der Waals surface area contributed by atoms with E-state index in [1.54, 1.807) is 0 Å². The zero-order valence-electron chi connectivity index (χ0n) is 8.94. The first-order valence-corrected chi connectivity index (χ1v) is 6.19. The second kappa shape index (κ2) is 6.49. The number of hydrogen-bond donors (Lipinski definition) is 1. The second-order valence-corrected chi connectivity index (χ2v) is 4.66. The van der Waals surface area contributed by atoms with Crippen molar-refractivity contribution in [2.75, 3.05) is 12.3 Å². The van der Waals surface area contributed by atoms with Gasteiger partial charge in [0.15, 0.2) is 0 Å². The van der Waals surface area contributed by atoms with E-state index in [9.17, 15) is 0 Å². The van der Waals surface area contributed by atoms with Crippen LogP contribution in [0.3, 0.4) is 0 Å². The van der Waals surface area contributed by atoms with Crippen LogP contribution >= 0.6 is 11.8 Å². The molecule has 1 atom stereocenters. The molecule has 0 heterocycles. The zero-order valence-corrected chi connectivity index (χ0v) is 9.76. The van der Waals surface area contributed by atoms with E-state index in [4.69, 9.17) is 11.0 Å². The molecule has 0 aliphatic rings. The minimum Gasteiger partial charge on any atom is -0.330 e. The number of nitriles is 1. The highest BCUT2D eigenvalue weighted by Gasteiger charge is 2.03. The van der Waals surface area contributed by atoms with Crippen molar-refractivity contribution in [3.63, 3.8) is 0 Å². The molecule has 1 aromatic carbocycles. The Morgan fingerprint density at radius 3 is 2.87 bits per heavy atom. The van der Waals surface area contributed by atoms with E-state index in [1.165, 1.54) is 0 Å². The molecule has 0 aromatic heterocycles. The lowest BCUT2D eigenvalue weighted by Crippen LogP contribution is -2.12. The Kier molecular flexibility index (Phi) is 5.23. The summed E-state index contributed by atoms with van der Waals surface area (Å²) in [7, 11) is 0. The zero-order chi connectivity index (χ0) is 11.1. The third-order valence-electron chi connectivity index (χ3n) is 2.20. The van der Waals surface area contributed by atoms with E-state index in [-0.39, 0.29) is 0 Å². The molecule has 1 aromatic rings. The molecule has 1 unspecified atom stereocenters. The monoisotopic (exact) mass is 220 g/mol. The molecule has 15 heavy (non-hydrogen) atoms. The lowest BCUT2D eigenvalue weighted by Gasteiger charge is -2.08. The molecule has 0 spiro atoms. The van der Waals surface area contributed by atoms with Gasteiger partial charge in [-0.1, -0.05) is 25.1 Å². The molecule has 2 nitrogen and oxygen atoms in total. The molecule has 0 radical (unpaired) electrons. The third kappa shape index (κ3) is 3.94. The molecule has 0 amide bonds. The number of thioether (sulfide) groups is 1. The highest BCUT2D eigenvalue weighted by atomic mass is 32.2. The average molecular weight is 220 g/mol. The van der Waals surface area contributed by atoms with Crippen LogP contribution in [0.2, 0.25) is 0 Å². The summed E-state index contributed by atoms with van der Waals surface area (Å²) in [6.07, 6.45) is 0. The summed E-state index contributed by atoms with van der Waals surface area (Å²) < 4.78 is 0. The first kappa shape index (κ1) is 12.1. The van der Waals surface area contributed by atoms with E-state index < -0.39 is 0 Å². The van der Waals surface area contributed by atoms with Crippen LogP contribution in [0.25, 0.3) is 0 Å². The molecule has 0 saturated carbocycles. The summed E-state index contributed by atoms with van der Waals surface area (Å²) in [5, 5.41) is 8.89. The summed E-state index contributed by atoms with van der Waals surface area (Å²) >= 11 is 1.84. The van der Waals surface area contributed by atoms with Gasteiger partial charge in [-0.25, -0.2) is 0 Å². The van der Waals surface area contributed by atoms with Crippen molar-refractivity contribution < 1.29 is 0 Å². The second-order valence-electron chi connectivity index (χ2n) is 3.62. The van der Waals surface area contributed by atoms with Gasteiger partial charge in [0.05, 0.1) is 11.6 Å². The summed E-state index contributed by atoms with van der Waals surface area (Å²) in [5.74, 6) is 2.49. The molecule has 0 saturated heterocycles. The highest BCUT2D eigenvalue weighted by Crippen LogP contribution is 2.17. The van der Waals surface area contributed by atoms with Gasteiger partial charge in [-0.05, 0) is 29.8 Å². The largest absolute Gasteiger partial charge is 0.330 e. The molecule has 0 aliphatic carbocycles. The van der Waals surface area contributed by atoms with E-state index in [0.29, 0.717) is 5.92 Å². The average Bonchev–Trinajstić information content (AvgIpc) is 2.29. The Morgan fingerprint density at radius 1 is 1.47 bits per heavy atom. The van der Waals surface area contributed by atoms with E-state index in [2.05, 4.69) is 13.0 Å². The van der Waals surface area contributed by atoms with E-state index >= 15 is 0 Å². The Labute approximate surface area is 95.5 Å². The van der Waals surface area contributed by atoms with Gasteiger partial charge in [-0.2, -0.15) is 17.0 Å². The molecule has 3 heteroatoms. The Hall–Kier alpha value is -0.980. The highest BCUT2D eigenvalue weighted by molar-refractivity contribution is 7.98. The molecular formula is C12H16N2S. The van der Waals surface area contributed by atoms with Crippen molar-refractivity contribution in [2.45, 2.75) is 12.7 Å². The lowest BCUT2D eigenvalue weighted by atomic mass is 10.1. The summed E-state index contributed by atoms with van der Waals surface area (Å²) in [4.78, 5) is 0. The minimum absolute atomic E-state index is 0.546. The summed E-state index contributed by atoms with van der Waals surface area (Å²) in [6, 6.07) is 9.96. The van der Waals surface area contributed by atoms with Crippen molar-refractivity contribution in [3.05, 3.63) is 35.4 Å². The number of benzene rings is 1. The number of nitrogens with zero attached hydrogens (tertiary/aromatic N) is 1. The SMILES string of the molecule is CC(CN)CSCc1ccccc1C#N. The predicted molar refractivity (Wildman–Crippen MR) is 65.5 cm³/mol. The van der Waals surface area contributed by atoms with E-state index in [1.807, 2.05) is 36.0 Å². The number of hydrogen-bond acceptors (Lipinski definition) is 3. The van der Waals surface area contributed by atoms with Gasteiger partial charge in [-0.15, -0.1) is 0 Å². The standard InChI is InChI=1S/C12H16N2S/c1-10(6-13)8-15-9-12-5-3-2-4-11(12)7-14/h2-5,10H,6,8-9,13H2,1H3. The Bertz CT molecular complexity index is 344. The normalized spacial score (nSPS) is 12.1. The summed E-state index contributed by atoms with van der Waals surface area (Å²) in [6.45, 7) is 2.87. The van der Waals surface area contributed by atoms with Crippen LogP contribution in [0.5, 0.6) is 0 Å². The van der Waals surface area contributed by atoms with Crippen LogP contribution in [0.4, 0.5) is 0 Å². The lowest BCUT2D eigenvalue weighted by molar-refractivity contribution is 0.675.